The van der Waals surface area contributed by atoms with Gasteiger partial charge in [-0.05, 0) is 36.3 Å². The number of carbonyl (C=O) groups is 1. The Morgan fingerprint density at radius 2 is 2.07 bits per heavy atom. The number of hydrogen-bond donors (Lipinski definition) is 2. The topological polar surface area (TPSA) is 94.5 Å². The van der Waals surface area contributed by atoms with Crippen molar-refractivity contribution in [2.45, 2.75) is 39.7 Å². The van der Waals surface area contributed by atoms with Gasteiger partial charge in [0.2, 0.25) is 5.88 Å². The van der Waals surface area contributed by atoms with Crippen LogP contribution in [-0.4, -0.2) is 33.7 Å². The van der Waals surface area contributed by atoms with Gasteiger partial charge < -0.3 is 15.8 Å². The first-order chi connectivity index (χ1) is 13.8. The van der Waals surface area contributed by atoms with Crippen molar-refractivity contribution >= 4 is 17.1 Å². The second kappa shape index (κ2) is 7.06. The van der Waals surface area contributed by atoms with Crippen LogP contribution in [0.4, 0.5) is 5.69 Å². The molecule has 3 aromatic rings. The van der Waals surface area contributed by atoms with Crippen molar-refractivity contribution in [1.82, 2.24) is 14.6 Å². The lowest BCUT2D eigenvalue weighted by molar-refractivity contribution is 0.100. The Morgan fingerprint density at radius 1 is 1.28 bits per heavy atom. The summed E-state index contributed by atoms with van der Waals surface area (Å²) in [6.07, 6.45) is 7.44. The van der Waals surface area contributed by atoms with Crippen LogP contribution in [0.5, 0.6) is 5.88 Å². The number of amides is 1. The second-order valence-corrected chi connectivity index (χ2v) is 8.44. The number of nitrogens with two attached hydrogens (primary N) is 1. The number of carbonyl (C=O) groups excluding carboxylic acids is 1. The molecule has 1 saturated carbocycles. The fourth-order valence-electron chi connectivity index (χ4n) is 4.16. The Kier molecular flexibility index (Phi) is 4.68. The van der Waals surface area contributed by atoms with Crippen LogP contribution >= 0.6 is 0 Å². The van der Waals surface area contributed by atoms with Gasteiger partial charge in [-0.3, -0.25) is 4.79 Å². The van der Waals surface area contributed by atoms with Crippen LogP contribution in [0.1, 0.15) is 44.0 Å². The van der Waals surface area contributed by atoms with E-state index in [1.54, 1.807) is 24.0 Å². The van der Waals surface area contributed by atoms with Crippen LogP contribution in [0.25, 0.3) is 16.6 Å². The first-order valence-electron chi connectivity index (χ1n) is 9.89. The molecule has 0 radical (unpaired) electrons. The summed E-state index contributed by atoms with van der Waals surface area (Å²) in [4.78, 5) is 16.4. The van der Waals surface area contributed by atoms with Gasteiger partial charge in [-0.1, -0.05) is 20.8 Å². The van der Waals surface area contributed by atoms with E-state index in [0.717, 1.165) is 35.2 Å². The maximum Gasteiger partial charge on any atom is 0.252 e. The Balaban J connectivity index is 1.79. The molecule has 0 bridgehead atoms. The van der Waals surface area contributed by atoms with E-state index >= 15 is 0 Å². The molecule has 4 rings (SSSR count). The average molecular weight is 393 g/mol. The van der Waals surface area contributed by atoms with Gasteiger partial charge in [0.05, 0.1) is 30.1 Å². The molecule has 0 spiro atoms. The van der Waals surface area contributed by atoms with E-state index in [0.29, 0.717) is 17.4 Å². The molecule has 7 heteroatoms. The van der Waals surface area contributed by atoms with Gasteiger partial charge in [0.1, 0.15) is 0 Å². The van der Waals surface area contributed by atoms with E-state index in [9.17, 15) is 4.79 Å². The largest absolute Gasteiger partial charge is 0.481 e. The Bertz CT molecular complexity index is 1050. The van der Waals surface area contributed by atoms with E-state index in [4.69, 9.17) is 10.5 Å². The van der Waals surface area contributed by atoms with Gasteiger partial charge in [-0.2, -0.15) is 5.10 Å². The standard InChI is InChI=1S/C22H27N5O2/c1-13-5-7-18(22(13,2)3)26-20-16(21(23)28)11-25-27-12-15(9-17(20)27)14-6-8-19(29-4)24-10-14/h6,8-13,18,26H,5,7H2,1-4H3,(H2,23,28)/t13?,18-/m1/s1. The van der Waals surface area contributed by atoms with Gasteiger partial charge in [0.25, 0.3) is 5.91 Å². The molecule has 0 aliphatic heterocycles. The van der Waals surface area contributed by atoms with Gasteiger partial charge >= 0.3 is 0 Å². The molecule has 3 N–H and O–H groups in total. The third kappa shape index (κ3) is 3.30. The third-order valence-electron chi connectivity index (χ3n) is 6.56. The number of aromatic nitrogens is 3. The minimum Gasteiger partial charge on any atom is -0.481 e. The summed E-state index contributed by atoms with van der Waals surface area (Å²) in [5.74, 6) is 0.675. The number of pyridine rings is 1. The lowest BCUT2D eigenvalue weighted by atomic mass is 9.80. The highest BCUT2D eigenvalue weighted by Gasteiger charge is 2.41. The van der Waals surface area contributed by atoms with Crippen molar-refractivity contribution in [1.29, 1.82) is 0 Å². The lowest BCUT2D eigenvalue weighted by Gasteiger charge is -2.33. The predicted molar refractivity (Wildman–Crippen MR) is 113 cm³/mol. The van der Waals surface area contributed by atoms with E-state index in [1.165, 1.54) is 0 Å². The van der Waals surface area contributed by atoms with Crippen LogP contribution < -0.4 is 15.8 Å². The van der Waals surface area contributed by atoms with Crippen LogP contribution in [0.3, 0.4) is 0 Å². The lowest BCUT2D eigenvalue weighted by Crippen LogP contribution is -2.35. The second-order valence-electron chi connectivity index (χ2n) is 8.44. The Labute approximate surface area is 170 Å². The van der Waals surface area contributed by atoms with Crippen molar-refractivity contribution in [2.24, 2.45) is 17.1 Å². The number of ether oxygens (including phenoxy) is 1. The third-order valence-corrected chi connectivity index (χ3v) is 6.56. The Morgan fingerprint density at radius 3 is 2.66 bits per heavy atom. The summed E-state index contributed by atoms with van der Waals surface area (Å²) in [6.45, 7) is 6.83. The SMILES string of the molecule is COc1ccc(-c2cc3c(N[C@@H]4CCC(C)C4(C)C)c(C(N)=O)cnn3c2)cn1. The van der Waals surface area contributed by atoms with Crippen LogP contribution in [-0.2, 0) is 0 Å². The summed E-state index contributed by atoms with van der Waals surface area (Å²) in [5.41, 5.74) is 9.66. The molecule has 3 aromatic heterocycles. The Hall–Kier alpha value is -3.09. The molecular weight excluding hydrogens is 366 g/mol. The molecule has 7 nitrogen and oxygen atoms in total. The predicted octanol–water partition coefficient (Wildman–Crippen LogP) is 3.74. The van der Waals surface area contributed by atoms with E-state index in [-0.39, 0.29) is 11.5 Å². The number of methoxy groups -OCH3 is 1. The number of rotatable bonds is 5. The molecule has 29 heavy (non-hydrogen) atoms. The molecular formula is C22H27N5O2. The molecule has 152 valence electrons. The average Bonchev–Trinajstić information content (AvgIpc) is 3.24. The van der Waals surface area contributed by atoms with Crippen molar-refractivity contribution in [3.8, 4) is 17.0 Å². The smallest absolute Gasteiger partial charge is 0.252 e. The fourth-order valence-corrected chi connectivity index (χ4v) is 4.16. The molecule has 3 heterocycles. The van der Waals surface area contributed by atoms with Crippen molar-refractivity contribution < 1.29 is 9.53 Å². The molecule has 1 aliphatic carbocycles. The maximum absolute atomic E-state index is 12.1. The van der Waals surface area contributed by atoms with Crippen LogP contribution in [0.2, 0.25) is 0 Å². The number of fused-ring (bicyclic) bond motifs is 1. The number of nitrogens with zero attached hydrogens (tertiary/aromatic N) is 3. The zero-order valence-electron chi connectivity index (χ0n) is 17.3. The van der Waals surface area contributed by atoms with Crippen molar-refractivity contribution in [2.75, 3.05) is 12.4 Å². The molecule has 1 fully saturated rings. The van der Waals surface area contributed by atoms with Gasteiger partial charge in [0.15, 0.2) is 0 Å². The number of anilines is 1. The van der Waals surface area contributed by atoms with E-state index < -0.39 is 5.91 Å². The minimum absolute atomic E-state index is 0.116. The van der Waals surface area contributed by atoms with E-state index in [1.807, 2.05) is 24.4 Å². The van der Waals surface area contributed by atoms with Gasteiger partial charge in [-0.25, -0.2) is 9.50 Å². The molecule has 1 aliphatic rings. The summed E-state index contributed by atoms with van der Waals surface area (Å²) in [6, 6.07) is 6.03. The van der Waals surface area contributed by atoms with Gasteiger partial charge in [0, 0.05) is 35.6 Å². The first-order valence-corrected chi connectivity index (χ1v) is 9.89. The number of hydrogen-bond acceptors (Lipinski definition) is 5. The molecule has 0 aromatic carbocycles. The van der Waals surface area contributed by atoms with E-state index in [2.05, 4.69) is 36.2 Å². The molecule has 2 atom stereocenters. The normalized spacial score (nSPS) is 20.7. The molecule has 0 saturated heterocycles. The van der Waals surface area contributed by atoms with Crippen LogP contribution in [0, 0.1) is 11.3 Å². The van der Waals surface area contributed by atoms with Gasteiger partial charge in [-0.15, -0.1) is 0 Å². The summed E-state index contributed by atoms with van der Waals surface area (Å²) >= 11 is 0. The minimum atomic E-state index is -0.486. The summed E-state index contributed by atoms with van der Waals surface area (Å²) < 4.78 is 6.92. The van der Waals surface area contributed by atoms with Crippen molar-refractivity contribution in [3.05, 3.63) is 42.4 Å². The van der Waals surface area contributed by atoms with Crippen LogP contribution in [0.15, 0.2) is 36.8 Å². The quantitative estimate of drug-likeness (QED) is 0.689. The summed E-state index contributed by atoms with van der Waals surface area (Å²) in [5, 5.41) is 8.04. The zero-order chi connectivity index (χ0) is 20.8. The molecule has 1 amide bonds. The molecule has 1 unspecified atom stereocenters. The monoisotopic (exact) mass is 393 g/mol. The number of nitrogens with one attached hydrogen (secondary N) is 1. The highest BCUT2D eigenvalue weighted by atomic mass is 16.5. The highest BCUT2D eigenvalue weighted by molar-refractivity contribution is 6.02. The summed E-state index contributed by atoms with van der Waals surface area (Å²) in [7, 11) is 1.59. The maximum atomic E-state index is 12.1. The first kappa shape index (κ1) is 19.2. The highest BCUT2D eigenvalue weighted by Crippen LogP contribution is 2.44. The van der Waals surface area contributed by atoms with Crippen molar-refractivity contribution in [3.63, 3.8) is 0 Å². The number of primary amides is 1. The fraction of sp³-hybridized carbons (Fsp3) is 0.409. The zero-order valence-corrected chi connectivity index (χ0v) is 17.3.